The first-order valence-electron chi connectivity index (χ1n) is 8.33. The zero-order valence-corrected chi connectivity index (χ0v) is 17.8. The highest BCUT2D eigenvalue weighted by Gasteiger charge is 2.10. The van der Waals surface area contributed by atoms with Gasteiger partial charge in [0.1, 0.15) is 18.5 Å². The molecule has 26 heavy (non-hydrogen) atoms. The molecule has 5 nitrogen and oxygen atoms in total. The summed E-state index contributed by atoms with van der Waals surface area (Å²) < 4.78 is 5.63. The SMILES string of the molecule is CCNC(=NCC(O)c1ccccc1Cl)NCCOc1ccccc1.I. The predicted octanol–water partition coefficient (Wildman–Crippen LogP) is 3.63. The van der Waals surface area contributed by atoms with Crippen molar-refractivity contribution >= 4 is 41.5 Å². The maximum absolute atomic E-state index is 10.3. The molecule has 7 heteroatoms. The van der Waals surface area contributed by atoms with E-state index < -0.39 is 6.10 Å². The van der Waals surface area contributed by atoms with Gasteiger partial charge in [-0.25, -0.2) is 0 Å². The van der Waals surface area contributed by atoms with Gasteiger partial charge in [0.05, 0.1) is 13.1 Å². The molecule has 0 amide bonds. The van der Waals surface area contributed by atoms with Crippen LogP contribution in [0.5, 0.6) is 5.75 Å². The number of para-hydroxylation sites is 1. The number of benzene rings is 2. The smallest absolute Gasteiger partial charge is 0.191 e. The van der Waals surface area contributed by atoms with E-state index in [9.17, 15) is 5.11 Å². The Balaban J connectivity index is 0.00000338. The normalized spacial score (nSPS) is 12.0. The van der Waals surface area contributed by atoms with E-state index in [0.717, 1.165) is 12.3 Å². The molecule has 0 radical (unpaired) electrons. The third kappa shape index (κ3) is 7.80. The van der Waals surface area contributed by atoms with E-state index in [1.165, 1.54) is 0 Å². The molecule has 2 aromatic rings. The van der Waals surface area contributed by atoms with Gasteiger partial charge in [0.2, 0.25) is 0 Å². The lowest BCUT2D eigenvalue weighted by atomic mass is 10.1. The fraction of sp³-hybridized carbons (Fsp3) is 0.316. The molecule has 0 bridgehead atoms. The summed E-state index contributed by atoms with van der Waals surface area (Å²) >= 11 is 6.10. The Morgan fingerprint density at radius 3 is 2.50 bits per heavy atom. The van der Waals surface area contributed by atoms with Crippen LogP contribution in [0, 0.1) is 0 Å². The second-order valence-electron chi connectivity index (χ2n) is 5.35. The minimum Gasteiger partial charge on any atom is -0.492 e. The van der Waals surface area contributed by atoms with E-state index >= 15 is 0 Å². The Bertz CT molecular complexity index is 671. The number of aliphatic hydroxyl groups is 1. The van der Waals surface area contributed by atoms with Crippen LogP contribution in [0.25, 0.3) is 0 Å². The van der Waals surface area contributed by atoms with Crippen molar-refractivity contribution in [1.29, 1.82) is 0 Å². The molecule has 0 aromatic heterocycles. The highest BCUT2D eigenvalue weighted by atomic mass is 127. The number of nitrogens with zero attached hydrogens (tertiary/aromatic N) is 1. The number of rotatable bonds is 8. The van der Waals surface area contributed by atoms with Crippen LogP contribution >= 0.6 is 35.6 Å². The number of halogens is 2. The van der Waals surface area contributed by atoms with Crippen molar-refractivity contribution in [2.24, 2.45) is 4.99 Å². The fourth-order valence-electron chi connectivity index (χ4n) is 2.22. The van der Waals surface area contributed by atoms with Gasteiger partial charge in [-0.15, -0.1) is 24.0 Å². The lowest BCUT2D eigenvalue weighted by Crippen LogP contribution is -2.39. The summed E-state index contributed by atoms with van der Waals surface area (Å²) in [5, 5.41) is 17.1. The summed E-state index contributed by atoms with van der Waals surface area (Å²) in [6.07, 6.45) is -0.746. The number of aliphatic imine (C=N–C) groups is 1. The number of aliphatic hydroxyl groups excluding tert-OH is 1. The van der Waals surface area contributed by atoms with Gasteiger partial charge in [0.25, 0.3) is 0 Å². The van der Waals surface area contributed by atoms with Crippen molar-refractivity contribution < 1.29 is 9.84 Å². The third-order valence-electron chi connectivity index (χ3n) is 3.44. The Kier molecular flexibility index (Phi) is 11.1. The molecular formula is C19H25ClIN3O2. The molecule has 1 atom stereocenters. The van der Waals surface area contributed by atoms with Crippen LogP contribution in [0.3, 0.4) is 0 Å². The first-order chi connectivity index (χ1) is 12.2. The van der Waals surface area contributed by atoms with E-state index in [0.29, 0.717) is 29.7 Å². The van der Waals surface area contributed by atoms with Crippen molar-refractivity contribution in [3.05, 3.63) is 65.2 Å². The van der Waals surface area contributed by atoms with Crippen molar-refractivity contribution in [3.8, 4) is 5.75 Å². The van der Waals surface area contributed by atoms with Gasteiger partial charge >= 0.3 is 0 Å². The highest BCUT2D eigenvalue weighted by molar-refractivity contribution is 14.0. The molecule has 0 spiro atoms. The summed E-state index contributed by atoms with van der Waals surface area (Å²) in [6, 6.07) is 16.9. The van der Waals surface area contributed by atoms with E-state index in [2.05, 4.69) is 15.6 Å². The van der Waals surface area contributed by atoms with Gasteiger partial charge in [-0.3, -0.25) is 4.99 Å². The third-order valence-corrected chi connectivity index (χ3v) is 3.78. The number of ether oxygens (including phenoxy) is 1. The molecule has 2 aromatic carbocycles. The van der Waals surface area contributed by atoms with Gasteiger partial charge in [-0.05, 0) is 25.1 Å². The maximum atomic E-state index is 10.3. The van der Waals surface area contributed by atoms with E-state index in [4.69, 9.17) is 16.3 Å². The number of hydrogen-bond acceptors (Lipinski definition) is 3. The molecular weight excluding hydrogens is 465 g/mol. The summed E-state index contributed by atoms with van der Waals surface area (Å²) in [5.41, 5.74) is 0.677. The minimum atomic E-state index is -0.746. The molecule has 0 aliphatic heterocycles. The summed E-state index contributed by atoms with van der Waals surface area (Å²) in [7, 11) is 0. The van der Waals surface area contributed by atoms with Gasteiger partial charge in [0.15, 0.2) is 5.96 Å². The monoisotopic (exact) mass is 489 g/mol. The zero-order valence-electron chi connectivity index (χ0n) is 14.7. The van der Waals surface area contributed by atoms with Crippen molar-refractivity contribution in [2.45, 2.75) is 13.0 Å². The number of guanidine groups is 1. The van der Waals surface area contributed by atoms with Gasteiger partial charge in [-0.2, -0.15) is 0 Å². The quantitative estimate of drug-likeness (QED) is 0.229. The molecule has 0 aliphatic rings. The topological polar surface area (TPSA) is 65.9 Å². The number of nitrogens with one attached hydrogen (secondary N) is 2. The lowest BCUT2D eigenvalue weighted by molar-refractivity contribution is 0.187. The second kappa shape index (κ2) is 12.8. The average Bonchev–Trinajstić information content (AvgIpc) is 2.64. The summed E-state index contributed by atoms with van der Waals surface area (Å²) in [4.78, 5) is 4.41. The first-order valence-corrected chi connectivity index (χ1v) is 8.71. The van der Waals surface area contributed by atoms with Crippen LogP contribution in [0.2, 0.25) is 5.02 Å². The van der Waals surface area contributed by atoms with Crippen LogP contribution in [0.4, 0.5) is 0 Å². The molecule has 0 heterocycles. The van der Waals surface area contributed by atoms with E-state index in [1.54, 1.807) is 12.1 Å². The molecule has 1 unspecified atom stereocenters. The summed E-state index contributed by atoms with van der Waals surface area (Å²) in [6.45, 7) is 4.05. The van der Waals surface area contributed by atoms with Gasteiger partial charge in [-0.1, -0.05) is 48.0 Å². The Morgan fingerprint density at radius 1 is 1.12 bits per heavy atom. The molecule has 0 fully saturated rings. The maximum Gasteiger partial charge on any atom is 0.191 e. The summed E-state index contributed by atoms with van der Waals surface area (Å²) in [5.74, 6) is 1.46. The zero-order chi connectivity index (χ0) is 17.9. The van der Waals surface area contributed by atoms with Crippen LogP contribution < -0.4 is 15.4 Å². The van der Waals surface area contributed by atoms with Crippen LogP contribution in [-0.4, -0.2) is 37.3 Å². The van der Waals surface area contributed by atoms with E-state index in [1.807, 2.05) is 49.4 Å². The molecule has 2 rings (SSSR count). The van der Waals surface area contributed by atoms with Gasteiger partial charge in [0, 0.05) is 17.1 Å². The van der Waals surface area contributed by atoms with Crippen LogP contribution in [0.15, 0.2) is 59.6 Å². The molecule has 0 saturated carbocycles. The van der Waals surface area contributed by atoms with Crippen LogP contribution in [0.1, 0.15) is 18.6 Å². The number of hydrogen-bond donors (Lipinski definition) is 3. The van der Waals surface area contributed by atoms with Crippen molar-refractivity contribution in [3.63, 3.8) is 0 Å². The van der Waals surface area contributed by atoms with Crippen molar-refractivity contribution in [2.75, 3.05) is 26.2 Å². The molecule has 0 aliphatic carbocycles. The molecule has 0 saturated heterocycles. The Morgan fingerprint density at radius 2 is 1.81 bits per heavy atom. The largest absolute Gasteiger partial charge is 0.492 e. The second-order valence-corrected chi connectivity index (χ2v) is 5.75. The Hall–Kier alpha value is -1.51. The van der Waals surface area contributed by atoms with E-state index in [-0.39, 0.29) is 30.5 Å². The van der Waals surface area contributed by atoms with Crippen molar-refractivity contribution in [1.82, 2.24) is 10.6 Å². The first kappa shape index (κ1) is 22.5. The van der Waals surface area contributed by atoms with Gasteiger partial charge < -0.3 is 20.5 Å². The van der Waals surface area contributed by atoms with Crippen LogP contribution in [-0.2, 0) is 0 Å². The fourth-order valence-corrected chi connectivity index (χ4v) is 2.48. The minimum absolute atomic E-state index is 0. The average molecular weight is 490 g/mol. The molecule has 3 N–H and O–H groups in total. The lowest BCUT2D eigenvalue weighted by Gasteiger charge is -2.14. The standard InChI is InChI=1S/C19H24ClN3O2.HI/c1-2-21-19(22-12-13-25-15-8-4-3-5-9-15)23-14-18(24)16-10-6-7-11-17(16)20;/h3-11,18,24H,2,12-14H2,1H3,(H2,21,22,23);1H. The highest BCUT2D eigenvalue weighted by Crippen LogP contribution is 2.22. The molecule has 142 valence electrons. The predicted molar refractivity (Wildman–Crippen MR) is 118 cm³/mol. The Labute approximate surface area is 176 Å².